The van der Waals surface area contributed by atoms with E-state index in [1.54, 1.807) is 54.6 Å². The number of methoxy groups -OCH3 is 1. The number of rotatable bonds is 11. The number of piperazine rings is 1. The lowest BCUT2D eigenvalue weighted by Gasteiger charge is -2.37. The van der Waals surface area contributed by atoms with E-state index < -0.39 is 16.1 Å². The summed E-state index contributed by atoms with van der Waals surface area (Å²) < 4.78 is 33.9. The van der Waals surface area contributed by atoms with Crippen LogP contribution >= 0.6 is 0 Å². The van der Waals surface area contributed by atoms with Crippen molar-refractivity contribution in [1.82, 2.24) is 14.7 Å². The van der Waals surface area contributed by atoms with Crippen molar-refractivity contribution < 1.29 is 18.3 Å². The Morgan fingerprint density at radius 2 is 1.43 bits per heavy atom. The standard InChI is InChI=1S/C26H38N4O4S/c1-34-26-12-6-5-11-25(26)30(35(32,33)24-9-3-2-4-10-24)22-23(31)21-29-19-17-28(18-20-29)16-15-27-13-7-8-14-27/h2-6,9-12,23,31H,7-8,13-22H2,1H3/t23-/m0/s1. The molecule has 2 heterocycles. The molecule has 0 aliphatic carbocycles. The van der Waals surface area contributed by atoms with Gasteiger partial charge in [0, 0.05) is 45.8 Å². The quantitative estimate of drug-likeness (QED) is 0.503. The van der Waals surface area contributed by atoms with Crippen LogP contribution in [0, 0.1) is 0 Å². The topological polar surface area (TPSA) is 76.6 Å². The molecule has 1 atom stereocenters. The number of benzene rings is 2. The zero-order valence-corrected chi connectivity index (χ0v) is 21.4. The van der Waals surface area contributed by atoms with Gasteiger partial charge in [0.1, 0.15) is 5.75 Å². The van der Waals surface area contributed by atoms with Gasteiger partial charge in [-0.3, -0.25) is 14.1 Å². The van der Waals surface area contributed by atoms with Gasteiger partial charge in [-0.1, -0.05) is 30.3 Å². The SMILES string of the molecule is COc1ccccc1N(C[C@@H](O)CN1CCN(CCN2CCCC2)CC1)S(=O)(=O)c1ccccc1. The van der Waals surface area contributed by atoms with Gasteiger partial charge in [0.15, 0.2) is 0 Å². The maximum atomic E-state index is 13.6. The third-order valence-electron chi connectivity index (χ3n) is 6.93. The van der Waals surface area contributed by atoms with E-state index >= 15 is 0 Å². The second-order valence-electron chi connectivity index (χ2n) is 9.37. The maximum absolute atomic E-state index is 13.6. The highest BCUT2D eigenvalue weighted by molar-refractivity contribution is 7.92. The summed E-state index contributed by atoms with van der Waals surface area (Å²) in [6.45, 7) is 8.73. The molecule has 9 heteroatoms. The molecule has 0 aromatic heterocycles. The summed E-state index contributed by atoms with van der Waals surface area (Å²) in [6.07, 6.45) is 1.80. The van der Waals surface area contributed by atoms with E-state index in [2.05, 4.69) is 14.7 Å². The Hall–Kier alpha value is -2.17. The monoisotopic (exact) mass is 502 g/mol. The van der Waals surface area contributed by atoms with Crippen LogP contribution in [-0.2, 0) is 10.0 Å². The number of aliphatic hydroxyl groups excluding tert-OH is 1. The summed E-state index contributed by atoms with van der Waals surface area (Å²) in [7, 11) is -2.37. The number of anilines is 1. The Morgan fingerprint density at radius 1 is 0.857 bits per heavy atom. The van der Waals surface area contributed by atoms with Gasteiger partial charge in [-0.05, 0) is 50.2 Å². The van der Waals surface area contributed by atoms with E-state index in [0.29, 0.717) is 18.0 Å². The minimum absolute atomic E-state index is 0.0488. The fourth-order valence-electron chi connectivity index (χ4n) is 4.91. The smallest absolute Gasteiger partial charge is 0.264 e. The summed E-state index contributed by atoms with van der Waals surface area (Å²) in [6, 6.07) is 15.4. The van der Waals surface area contributed by atoms with Crippen LogP contribution in [0.25, 0.3) is 0 Å². The van der Waals surface area contributed by atoms with Crippen molar-refractivity contribution in [2.75, 3.05) is 76.9 Å². The van der Waals surface area contributed by atoms with Crippen LogP contribution in [0.3, 0.4) is 0 Å². The van der Waals surface area contributed by atoms with Gasteiger partial charge in [0.2, 0.25) is 0 Å². The second kappa shape index (κ2) is 12.2. The summed E-state index contributed by atoms with van der Waals surface area (Å²) >= 11 is 0. The highest BCUT2D eigenvalue weighted by Gasteiger charge is 2.30. The molecule has 2 aromatic rings. The van der Waals surface area contributed by atoms with Gasteiger partial charge in [-0.15, -0.1) is 0 Å². The van der Waals surface area contributed by atoms with Gasteiger partial charge in [-0.25, -0.2) is 8.42 Å². The second-order valence-corrected chi connectivity index (χ2v) is 11.2. The predicted molar refractivity (Wildman–Crippen MR) is 139 cm³/mol. The Bertz CT molecular complexity index is 1020. The summed E-state index contributed by atoms with van der Waals surface area (Å²) in [5, 5.41) is 11.0. The van der Waals surface area contributed by atoms with Gasteiger partial charge in [0.05, 0.1) is 30.3 Å². The molecule has 192 valence electrons. The molecule has 0 saturated carbocycles. The summed E-state index contributed by atoms with van der Waals surface area (Å²) in [5.41, 5.74) is 0.421. The van der Waals surface area contributed by atoms with E-state index in [9.17, 15) is 13.5 Å². The number of para-hydroxylation sites is 2. The van der Waals surface area contributed by atoms with Crippen molar-refractivity contribution in [2.45, 2.75) is 23.8 Å². The molecule has 0 unspecified atom stereocenters. The molecule has 0 bridgehead atoms. The van der Waals surface area contributed by atoms with Crippen molar-refractivity contribution in [3.8, 4) is 5.75 Å². The lowest BCUT2D eigenvalue weighted by atomic mass is 10.2. The third-order valence-corrected chi connectivity index (χ3v) is 8.72. The van der Waals surface area contributed by atoms with Gasteiger partial charge >= 0.3 is 0 Å². The van der Waals surface area contributed by atoms with Gasteiger partial charge in [0.25, 0.3) is 10.0 Å². The normalized spacial score (nSPS) is 19.0. The van der Waals surface area contributed by atoms with Crippen LogP contribution < -0.4 is 9.04 Å². The molecular formula is C26H38N4O4S. The first kappa shape index (κ1) is 25.9. The molecule has 0 amide bonds. The van der Waals surface area contributed by atoms with Crippen molar-refractivity contribution >= 4 is 15.7 Å². The summed E-state index contributed by atoms with van der Waals surface area (Å²) in [5.74, 6) is 0.450. The number of sulfonamides is 1. The van der Waals surface area contributed by atoms with Crippen LogP contribution in [0.5, 0.6) is 5.75 Å². The molecule has 2 aliphatic heterocycles. The zero-order chi connectivity index (χ0) is 24.7. The van der Waals surface area contributed by atoms with E-state index in [1.807, 2.05) is 0 Å². The number of likely N-dealkylation sites (tertiary alicyclic amines) is 1. The van der Waals surface area contributed by atoms with Gasteiger partial charge in [-0.2, -0.15) is 0 Å². The van der Waals surface area contributed by atoms with E-state index in [1.165, 1.54) is 37.3 Å². The molecule has 35 heavy (non-hydrogen) atoms. The van der Waals surface area contributed by atoms with E-state index in [0.717, 1.165) is 39.3 Å². The number of β-amino-alcohol motifs (C(OH)–C–C–N with tert-alkyl or cyclic N) is 1. The van der Waals surface area contributed by atoms with Crippen molar-refractivity contribution in [2.24, 2.45) is 0 Å². The van der Waals surface area contributed by atoms with E-state index in [-0.39, 0.29) is 11.4 Å². The molecule has 1 N–H and O–H groups in total. The number of ether oxygens (including phenoxy) is 1. The molecule has 2 aromatic carbocycles. The van der Waals surface area contributed by atoms with Crippen molar-refractivity contribution in [3.63, 3.8) is 0 Å². The van der Waals surface area contributed by atoms with Crippen molar-refractivity contribution in [1.29, 1.82) is 0 Å². The first-order chi connectivity index (χ1) is 17.0. The third kappa shape index (κ3) is 6.74. The average molecular weight is 503 g/mol. The fourth-order valence-corrected chi connectivity index (χ4v) is 6.45. The molecule has 4 rings (SSSR count). The number of aliphatic hydroxyl groups is 1. The maximum Gasteiger partial charge on any atom is 0.264 e. The number of nitrogens with zero attached hydrogens (tertiary/aromatic N) is 4. The molecule has 0 radical (unpaired) electrons. The Labute approximate surface area is 209 Å². The first-order valence-corrected chi connectivity index (χ1v) is 14.0. The Morgan fingerprint density at radius 3 is 2.09 bits per heavy atom. The highest BCUT2D eigenvalue weighted by Crippen LogP contribution is 2.32. The first-order valence-electron chi connectivity index (χ1n) is 12.5. The largest absolute Gasteiger partial charge is 0.495 e. The van der Waals surface area contributed by atoms with Crippen LogP contribution in [-0.4, -0.2) is 107 Å². The predicted octanol–water partition coefficient (Wildman–Crippen LogP) is 1.96. The molecular weight excluding hydrogens is 464 g/mol. The average Bonchev–Trinajstić information content (AvgIpc) is 3.41. The summed E-state index contributed by atoms with van der Waals surface area (Å²) in [4.78, 5) is 7.44. The Kier molecular flexibility index (Phi) is 9.02. The molecule has 2 fully saturated rings. The van der Waals surface area contributed by atoms with Crippen LogP contribution in [0.2, 0.25) is 0 Å². The van der Waals surface area contributed by atoms with Crippen molar-refractivity contribution in [3.05, 3.63) is 54.6 Å². The minimum atomic E-state index is -3.88. The van der Waals surface area contributed by atoms with Crippen LogP contribution in [0.15, 0.2) is 59.5 Å². The Balaban J connectivity index is 1.39. The van der Waals surface area contributed by atoms with Gasteiger partial charge < -0.3 is 14.7 Å². The number of hydrogen-bond donors (Lipinski definition) is 1. The molecule has 8 nitrogen and oxygen atoms in total. The lowest BCUT2D eigenvalue weighted by Crippen LogP contribution is -2.51. The molecule has 0 spiro atoms. The minimum Gasteiger partial charge on any atom is -0.495 e. The van der Waals surface area contributed by atoms with Crippen LogP contribution in [0.4, 0.5) is 5.69 Å². The molecule has 2 aliphatic rings. The number of hydrogen-bond acceptors (Lipinski definition) is 7. The van der Waals surface area contributed by atoms with Crippen LogP contribution in [0.1, 0.15) is 12.8 Å². The molecule has 2 saturated heterocycles. The highest BCUT2D eigenvalue weighted by atomic mass is 32.2. The van der Waals surface area contributed by atoms with E-state index in [4.69, 9.17) is 4.74 Å². The zero-order valence-electron chi connectivity index (χ0n) is 20.6. The lowest BCUT2D eigenvalue weighted by molar-refractivity contribution is 0.0736. The fraction of sp³-hybridized carbons (Fsp3) is 0.538.